The van der Waals surface area contributed by atoms with E-state index in [1.54, 1.807) is 24.3 Å². The number of hydrogen-bond acceptors (Lipinski definition) is 7. The van der Waals surface area contributed by atoms with Crippen LogP contribution in [0.4, 0.5) is 0 Å². The molecule has 0 unspecified atom stereocenters. The number of amides is 2. The van der Waals surface area contributed by atoms with Gasteiger partial charge < -0.3 is 14.8 Å². The zero-order valence-electron chi connectivity index (χ0n) is 18.6. The Hall–Kier alpha value is -2.65. The summed E-state index contributed by atoms with van der Waals surface area (Å²) < 4.78 is 10.4. The van der Waals surface area contributed by atoms with Crippen LogP contribution < -0.4 is 10.1 Å². The zero-order valence-corrected chi connectivity index (χ0v) is 20.3. The van der Waals surface area contributed by atoms with Gasteiger partial charge in [0.15, 0.2) is 6.61 Å². The minimum absolute atomic E-state index is 0.0389. The molecule has 174 valence electrons. The van der Waals surface area contributed by atoms with Crippen molar-refractivity contribution in [2.45, 2.75) is 41.5 Å². The topological polar surface area (TPSA) is 84.9 Å². The maximum atomic E-state index is 13.6. The van der Waals surface area contributed by atoms with Gasteiger partial charge in [-0.2, -0.15) is 0 Å². The summed E-state index contributed by atoms with van der Waals surface area (Å²) in [5, 5.41) is 2.33. The number of thioether (sulfide) groups is 2. The lowest BCUT2D eigenvalue weighted by Gasteiger charge is -2.49. The molecule has 1 N–H and O–H groups in total. The number of nitrogens with zero attached hydrogens (tertiary/aromatic N) is 1. The molecular formula is C24H26N2O5S2. The largest absolute Gasteiger partial charge is 0.484 e. The molecule has 7 nitrogen and oxygen atoms in total. The van der Waals surface area contributed by atoms with Gasteiger partial charge in [-0.25, -0.2) is 4.79 Å². The summed E-state index contributed by atoms with van der Waals surface area (Å²) in [6, 6.07) is 18.2. The Labute approximate surface area is 201 Å². The second kappa shape index (κ2) is 9.30. The molecule has 2 amide bonds. The van der Waals surface area contributed by atoms with Crippen LogP contribution in [0.2, 0.25) is 0 Å². The van der Waals surface area contributed by atoms with Gasteiger partial charge in [-0.05, 0) is 37.8 Å². The zero-order chi connectivity index (χ0) is 23.6. The summed E-state index contributed by atoms with van der Waals surface area (Å²) >= 11 is 2.94. The third-order valence-corrected chi connectivity index (χ3v) is 8.59. The fourth-order valence-corrected chi connectivity index (χ4v) is 6.92. The minimum atomic E-state index is -1.64. The van der Waals surface area contributed by atoms with E-state index < -0.39 is 22.3 Å². The van der Waals surface area contributed by atoms with Crippen LogP contribution in [0.5, 0.6) is 5.75 Å². The van der Waals surface area contributed by atoms with E-state index in [0.29, 0.717) is 5.75 Å². The highest BCUT2D eigenvalue weighted by atomic mass is 32.2. The number of para-hydroxylation sites is 1. The number of carbonyl (C=O) groups excluding carboxylic acids is 3. The van der Waals surface area contributed by atoms with E-state index in [0.717, 1.165) is 5.56 Å². The first-order valence-corrected chi connectivity index (χ1v) is 12.7. The first kappa shape index (κ1) is 23.5. The molecule has 0 saturated carbocycles. The van der Waals surface area contributed by atoms with Crippen molar-refractivity contribution in [3.05, 3.63) is 66.2 Å². The Kier molecular flexibility index (Phi) is 6.63. The highest BCUT2D eigenvalue weighted by Crippen LogP contribution is 2.58. The molecule has 2 aromatic carbocycles. The Bertz CT molecular complexity index is 1030. The maximum absolute atomic E-state index is 13.6. The van der Waals surface area contributed by atoms with Crippen molar-refractivity contribution in [3.8, 4) is 5.75 Å². The second-order valence-corrected chi connectivity index (χ2v) is 11.0. The Morgan fingerprint density at radius 1 is 1.09 bits per heavy atom. The maximum Gasteiger partial charge on any atom is 0.355 e. The third kappa shape index (κ3) is 4.19. The van der Waals surface area contributed by atoms with E-state index in [2.05, 4.69) is 5.32 Å². The number of esters is 1. The molecule has 0 bridgehead atoms. The monoisotopic (exact) mass is 486 g/mol. The van der Waals surface area contributed by atoms with Crippen molar-refractivity contribution < 1.29 is 23.9 Å². The predicted octanol–water partition coefficient (Wildman–Crippen LogP) is 3.05. The van der Waals surface area contributed by atoms with Crippen molar-refractivity contribution in [3.63, 3.8) is 0 Å². The molecule has 2 aliphatic rings. The number of benzene rings is 2. The van der Waals surface area contributed by atoms with E-state index in [1.807, 2.05) is 56.5 Å². The van der Waals surface area contributed by atoms with Gasteiger partial charge in [0.25, 0.3) is 5.91 Å². The van der Waals surface area contributed by atoms with Crippen LogP contribution in [0.25, 0.3) is 0 Å². The number of ether oxygens (including phenoxy) is 2. The molecule has 0 aliphatic carbocycles. The van der Waals surface area contributed by atoms with Crippen molar-refractivity contribution in [2.75, 3.05) is 12.9 Å². The average molecular weight is 487 g/mol. The first-order valence-electron chi connectivity index (χ1n) is 10.5. The number of hydrogen-bond donors (Lipinski definition) is 1. The third-order valence-electron chi connectivity index (χ3n) is 5.84. The van der Waals surface area contributed by atoms with Crippen LogP contribution in [-0.4, -0.2) is 56.6 Å². The highest BCUT2D eigenvalue weighted by Gasteiger charge is 2.74. The van der Waals surface area contributed by atoms with Crippen LogP contribution in [0.15, 0.2) is 60.7 Å². The molecule has 0 spiro atoms. The smallest absolute Gasteiger partial charge is 0.355 e. The number of rotatable bonds is 8. The summed E-state index contributed by atoms with van der Waals surface area (Å²) in [5.41, 5.74) is -0.825. The van der Waals surface area contributed by atoms with Gasteiger partial charge in [0.05, 0.1) is 4.75 Å². The molecule has 0 radical (unpaired) electrons. The first-order chi connectivity index (χ1) is 15.8. The van der Waals surface area contributed by atoms with Gasteiger partial charge in [-0.15, -0.1) is 23.5 Å². The lowest BCUT2D eigenvalue weighted by Crippen LogP contribution is -2.78. The number of carbonyl (C=O) groups is 3. The molecule has 33 heavy (non-hydrogen) atoms. The molecule has 2 fully saturated rings. The lowest BCUT2D eigenvalue weighted by molar-refractivity contribution is -0.178. The molecule has 4 rings (SSSR count). The normalized spacial score (nSPS) is 25.1. The van der Waals surface area contributed by atoms with Crippen molar-refractivity contribution >= 4 is 41.3 Å². The molecule has 2 aromatic rings. The molecule has 2 aliphatic heterocycles. The van der Waals surface area contributed by atoms with E-state index in [-0.39, 0.29) is 29.7 Å². The van der Waals surface area contributed by atoms with Gasteiger partial charge in [0, 0.05) is 0 Å². The van der Waals surface area contributed by atoms with Gasteiger partial charge in [0.2, 0.25) is 11.6 Å². The molecule has 2 saturated heterocycles. The van der Waals surface area contributed by atoms with E-state index >= 15 is 0 Å². The van der Waals surface area contributed by atoms with Gasteiger partial charge in [-0.1, -0.05) is 48.5 Å². The minimum Gasteiger partial charge on any atom is -0.484 e. The fourth-order valence-electron chi connectivity index (χ4n) is 4.14. The summed E-state index contributed by atoms with van der Waals surface area (Å²) in [7, 11) is 0. The molecule has 2 heterocycles. The summed E-state index contributed by atoms with van der Waals surface area (Å²) in [4.78, 5) is 41.1. The molecule has 0 aromatic heterocycles. The van der Waals surface area contributed by atoms with Gasteiger partial charge in [-0.3, -0.25) is 14.5 Å². The molecular weight excluding hydrogens is 460 g/mol. The van der Waals surface area contributed by atoms with Crippen molar-refractivity contribution in [2.24, 2.45) is 0 Å². The Balaban J connectivity index is 1.58. The number of fused-ring (bicyclic) bond motifs is 1. The quantitative estimate of drug-likeness (QED) is 0.453. The van der Waals surface area contributed by atoms with Crippen LogP contribution in [0.1, 0.15) is 19.4 Å². The van der Waals surface area contributed by atoms with E-state index in [1.165, 1.54) is 28.4 Å². The molecule has 3 atom stereocenters. The van der Waals surface area contributed by atoms with E-state index in [4.69, 9.17) is 9.47 Å². The average Bonchev–Trinajstić information content (AvgIpc) is 3.02. The van der Waals surface area contributed by atoms with Gasteiger partial charge in [0.1, 0.15) is 23.0 Å². The van der Waals surface area contributed by atoms with Crippen LogP contribution in [-0.2, 0) is 25.7 Å². The lowest BCUT2D eigenvalue weighted by atomic mass is 9.89. The predicted molar refractivity (Wildman–Crippen MR) is 129 cm³/mol. The van der Waals surface area contributed by atoms with Crippen LogP contribution in [0.3, 0.4) is 0 Å². The van der Waals surface area contributed by atoms with Crippen LogP contribution >= 0.6 is 23.5 Å². The highest BCUT2D eigenvalue weighted by molar-refractivity contribution is 8.05. The Morgan fingerprint density at radius 2 is 1.73 bits per heavy atom. The van der Waals surface area contributed by atoms with Gasteiger partial charge >= 0.3 is 5.97 Å². The summed E-state index contributed by atoms with van der Waals surface area (Å²) in [5.74, 6) is -0.821. The van der Waals surface area contributed by atoms with Crippen molar-refractivity contribution in [1.29, 1.82) is 0 Å². The van der Waals surface area contributed by atoms with Crippen LogP contribution in [0, 0.1) is 0 Å². The SMILES string of the molecule is CS[C@@H]1C(=O)N2[C@@H]1SC(C)(C)[C@]2(NC(=O)COc1ccccc1)C(=O)OCc1ccccc1. The summed E-state index contributed by atoms with van der Waals surface area (Å²) in [6.45, 7) is 3.44. The number of nitrogens with one attached hydrogen (secondary N) is 1. The number of β-lactam (4-membered cyclic amide) rings is 1. The summed E-state index contributed by atoms with van der Waals surface area (Å²) in [6.07, 6.45) is 1.87. The standard InChI is InChI=1S/C24H26N2O5S2/c1-23(2)24(26-20(28)19(32-3)21(26)33-23,22(29)31-14-16-10-6-4-7-11-16)25-18(27)15-30-17-12-8-5-9-13-17/h4-13,19,21H,14-15H2,1-3H3,(H,25,27)/t19-,21-,24+/m1/s1. The Morgan fingerprint density at radius 3 is 2.36 bits per heavy atom. The fraction of sp³-hybridized carbons (Fsp3) is 0.375. The van der Waals surface area contributed by atoms with Crippen molar-refractivity contribution in [1.82, 2.24) is 10.2 Å². The van der Waals surface area contributed by atoms with E-state index in [9.17, 15) is 14.4 Å². The molecule has 9 heteroatoms. The second-order valence-electron chi connectivity index (χ2n) is 8.31.